The van der Waals surface area contributed by atoms with Gasteiger partial charge in [-0.3, -0.25) is 0 Å². The van der Waals surface area contributed by atoms with Crippen molar-refractivity contribution in [2.24, 2.45) is 0 Å². The predicted molar refractivity (Wildman–Crippen MR) is 69.9 cm³/mol. The quantitative estimate of drug-likeness (QED) is 0.830. The maximum absolute atomic E-state index is 4.40. The van der Waals surface area contributed by atoms with Gasteiger partial charge in [-0.1, -0.05) is 6.42 Å². The Hall–Kier alpha value is -1.98. The number of hydrogen-bond acceptors (Lipinski definition) is 5. The van der Waals surface area contributed by atoms with Crippen molar-refractivity contribution in [3.05, 3.63) is 30.5 Å². The third-order valence-electron chi connectivity index (χ3n) is 4.15. The summed E-state index contributed by atoms with van der Waals surface area (Å²) in [5.41, 5.74) is 1.21. The number of aromatic nitrogens is 5. The fraction of sp³-hybridized carbons (Fsp3) is 0.538. The molecule has 6 heteroatoms. The molecule has 0 atom stereocenters. The van der Waals surface area contributed by atoms with Gasteiger partial charge in [0.1, 0.15) is 18.2 Å². The molecule has 1 saturated heterocycles. The minimum atomic E-state index is 0.372. The lowest BCUT2D eigenvalue weighted by molar-refractivity contribution is 0.330. The normalized spacial score (nSPS) is 20.1. The maximum Gasteiger partial charge on any atom is 0.132 e. The summed E-state index contributed by atoms with van der Waals surface area (Å²) < 4.78 is 0. The minimum absolute atomic E-state index is 0.372. The first kappa shape index (κ1) is 10.9. The first-order valence-corrected chi connectivity index (χ1v) is 6.83. The van der Waals surface area contributed by atoms with E-state index in [1.165, 1.54) is 25.0 Å². The summed E-state index contributed by atoms with van der Waals surface area (Å²) in [6.07, 6.45) is 9.03. The van der Waals surface area contributed by atoms with Crippen molar-refractivity contribution in [1.29, 1.82) is 0 Å². The summed E-state index contributed by atoms with van der Waals surface area (Å²) in [7, 11) is 0. The van der Waals surface area contributed by atoms with Crippen molar-refractivity contribution in [3.63, 3.8) is 0 Å². The Balaban J connectivity index is 1.46. The van der Waals surface area contributed by atoms with Crippen LogP contribution >= 0.6 is 0 Å². The van der Waals surface area contributed by atoms with Crippen LogP contribution in [0.15, 0.2) is 24.8 Å². The van der Waals surface area contributed by atoms with Gasteiger partial charge in [0.05, 0.1) is 12.4 Å². The molecule has 1 aliphatic carbocycles. The van der Waals surface area contributed by atoms with Gasteiger partial charge >= 0.3 is 0 Å². The van der Waals surface area contributed by atoms with Crippen molar-refractivity contribution in [2.75, 3.05) is 18.0 Å². The minimum Gasteiger partial charge on any atom is -0.352 e. The monoisotopic (exact) mass is 256 g/mol. The third kappa shape index (κ3) is 1.87. The van der Waals surface area contributed by atoms with E-state index in [0.29, 0.717) is 12.0 Å². The van der Waals surface area contributed by atoms with Crippen LogP contribution in [0.25, 0.3) is 0 Å². The van der Waals surface area contributed by atoms with Crippen molar-refractivity contribution >= 4 is 5.82 Å². The molecule has 0 amide bonds. The highest BCUT2D eigenvalue weighted by atomic mass is 15.5. The Morgan fingerprint density at radius 2 is 1.84 bits per heavy atom. The molecule has 2 aromatic rings. The molecular formula is C13H16N6. The van der Waals surface area contributed by atoms with Crippen LogP contribution in [-0.4, -0.2) is 38.1 Å². The molecule has 2 fully saturated rings. The van der Waals surface area contributed by atoms with Crippen LogP contribution in [-0.2, 0) is 0 Å². The molecule has 0 unspecified atom stereocenters. The van der Waals surface area contributed by atoms with Gasteiger partial charge in [0.2, 0.25) is 0 Å². The number of rotatable bonds is 3. The molecule has 19 heavy (non-hydrogen) atoms. The van der Waals surface area contributed by atoms with E-state index < -0.39 is 0 Å². The zero-order chi connectivity index (χ0) is 12.7. The molecule has 0 aromatic carbocycles. The van der Waals surface area contributed by atoms with Gasteiger partial charge < -0.3 is 4.90 Å². The molecule has 3 heterocycles. The molecule has 0 bridgehead atoms. The highest BCUT2D eigenvalue weighted by Crippen LogP contribution is 2.36. The molecule has 1 saturated carbocycles. The van der Waals surface area contributed by atoms with Gasteiger partial charge in [-0.05, 0) is 12.8 Å². The van der Waals surface area contributed by atoms with Gasteiger partial charge in [0.15, 0.2) is 0 Å². The second-order valence-corrected chi connectivity index (χ2v) is 5.34. The first-order valence-electron chi connectivity index (χ1n) is 6.83. The van der Waals surface area contributed by atoms with Gasteiger partial charge in [-0.25, -0.2) is 9.97 Å². The summed E-state index contributed by atoms with van der Waals surface area (Å²) in [4.78, 5) is 12.8. The van der Waals surface area contributed by atoms with Gasteiger partial charge in [-0.2, -0.15) is 15.0 Å². The fourth-order valence-corrected chi connectivity index (χ4v) is 2.66. The van der Waals surface area contributed by atoms with Crippen LogP contribution in [0, 0.1) is 0 Å². The van der Waals surface area contributed by atoms with Crippen LogP contribution in [0.3, 0.4) is 0 Å². The van der Waals surface area contributed by atoms with E-state index in [1.54, 1.807) is 23.5 Å². The maximum atomic E-state index is 4.40. The van der Waals surface area contributed by atoms with Crippen molar-refractivity contribution in [3.8, 4) is 0 Å². The predicted octanol–water partition coefficient (Wildman–Crippen LogP) is 1.40. The smallest absolute Gasteiger partial charge is 0.132 e. The van der Waals surface area contributed by atoms with Crippen LogP contribution < -0.4 is 4.90 Å². The van der Waals surface area contributed by atoms with Crippen LogP contribution in [0.2, 0.25) is 0 Å². The van der Waals surface area contributed by atoms with Crippen molar-refractivity contribution in [1.82, 2.24) is 25.0 Å². The van der Waals surface area contributed by atoms with E-state index in [-0.39, 0.29) is 0 Å². The molecule has 98 valence electrons. The number of anilines is 1. The van der Waals surface area contributed by atoms with Crippen molar-refractivity contribution < 1.29 is 0 Å². The summed E-state index contributed by atoms with van der Waals surface area (Å²) in [5, 5.41) is 8.36. The molecule has 4 rings (SSSR count). The first-order chi connectivity index (χ1) is 9.40. The molecule has 0 radical (unpaired) electrons. The molecular weight excluding hydrogens is 240 g/mol. The second kappa shape index (κ2) is 4.29. The Bertz CT molecular complexity index is 556. The Morgan fingerprint density at radius 1 is 1.05 bits per heavy atom. The van der Waals surface area contributed by atoms with E-state index in [1.807, 2.05) is 0 Å². The molecule has 0 N–H and O–H groups in total. The fourth-order valence-electron chi connectivity index (χ4n) is 2.66. The average molecular weight is 256 g/mol. The zero-order valence-corrected chi connectivity index (χ0v) is 10.7. The third-order valence-corrected chi connectivity index (χ3v) is 4.15. The van der Waals surface area contributed by atoms with E-state index in [4.69, 9.17) is 0 Å². The number of hydrogen-bond donors (Lipinski definition) is 0. The lowest BCUT2D eigenvalue weighted by atomic mass is 9.83. The summed E-state index contributed by atoms with van der Waals surface area (Å²) in [6, 6.07) is 2.52. The lowest BCUT2D eigenvalue weighted by Gasteiger charge is -2.39. The average Bonchev–Trinajstić information content (AvgIpc) is 2.79. The van der Waals surface area contributed by atoms with Crippen LogP contribution in [0.5, 0.6) is 0 Å². The standard InChI is InChI=1S/C13H16N6/c1-2-10(3-1)12-6-13(15-9-14-12)18-7-11(8-18)19-16-4-5-17-19/h4-6,9-11H,1-3,7-8H2. The van der Waals surface area contributed by atoms with Gasteiger partial charge in [-0.15, -0.1) is 0 Å². The SMILES string of the molecule is c1nc(C2CCC2)cc(N2CC(n3nccn3)C2)n1. The molecule has 0 spiro atoms. The van der Waals surface area contributed by atoms with Gasteiger partial charge in [0.25, 0.3) is 0 Å². The van der Waals surface area contributed by atoms with Gasteiger partial charge in [0, 0.05) is 30.8 Å². The lowest BCUT2D eigenvalue weighted by Crippen LogP contribution is -2.49. The summed E-state index contributed by atoms with van der Waals surface area (Å²) >= 11 is 0. The molecule has 6 nitrogen and oxygen atoms in total. The van der Waals surface area contributed by atoms with E-state index in [0.717, 1.165) is 18.9 Å². The van der Waals surface area contributed by atoms with E-state index in [9.17, 15) is 0 Å². The van der Waals surface area contributed by atoms with Crippen molar-refractivity contribution in [2.45, 2.75) is 31.2 Å². The zero-order valence-electron chi connectivity index (χ0n) is 10.7. The Labute approximate surface area is 111 Å². The molecule has 1 aliphatic heterocycles. The van der Waals surface area contributed by atoms with Crippen LogP contribution in [0.1, 0.15) is 36.9 Å². The van der Waals surface area contributed by atoms with E-state index in [2.05, 4.69) is 31.1 Å². The summed E-state index contributed by atoms with van der Waals surface area (Å²) in [5.74, 6) is 1.70. The van der Waals surface area contributed by atoms with Crippen LogP contribution in [0.4, 0.5) is 5.82 Å². The van der Waals surface area contributed by atoms with E-state index >= 15 is 0 Å². The molecule has 2 aromatic heterocycles. The largest absolute Gasteiger partial charge is 0.352 e. The highest BCUT2D eigenvalue weighted by Gasteiger charge is 2.31. The number of nitrogens with zero attached hydrogens (tertiary/aromatic N) is 6. The Kier molecular flexibility index (Phi) is 2.46. The second-order valence-electron chi connectivity index (χ2n) is 5.34. The highest BCUT2D eigenvalue weighted by molar-refractivity contribution is 5.43. The Morgan fingerprint density at radius 3 is 2.53 bits per heavy atom. The molecule has 2 aliphatic rings. The summed E-state index contributed by atoms with van der Waals surface area (Å²) in [6.45, 7) is 1.85. The topological polar surface area (TPSA) is 59.7 Å².